The molecule has 0 saturated carbocycles. The summed E-state index contributed by atoms with van der Waals surface area (Å²) in [5.74, 6) is 0.919. The SMILES string of the molecule is CCCc1noc(C(O)CCN)n1. The molecule has 13 heavy (non-hydrogen) atoms. The molecule has 74 valence electrons. The van der Waals surface area contributed by atoms with Crippen LogP contribution in [0.3, 0.4) is 0 Å². The van der Waals surface area contributed by atoms with Crippen molar-refractivity contribution in [2.24, 2.45) is 5.73 Å². The van der Waals surface area contributed by atoms with E-state index in [9.17, 15) is 5.11 Å². The molecule has 0 aliphatic rings. The van der Waals surface area contributed by atoms with Crippen LogP contribution in [0.4, 0.5) is 0 Å². The molecule has 1 aromatic heterocycles. The molecule has 0 radical (unpaired) electrons. The van der Waals surface area contributed by atoms with Crippen LogP contribution < -0.4 is 5.73 Å². The summed E-state index contributed by atoms with van der Waals surface area (Å²) in [4.78, 5) is 4.04. The third-order valence-electron chi connectivity index (χ3n) is 1.68. The van der Waals surface area contributed by atoms with Crippen molar-refractivity contribution in [2.45, 2.75) is 32.3 Å². The van der Waals surface area contributed by atoms with Gasteiger partial charge >= 0.3 is 0 Å². The van der Waals surface area contributed by atoms with Gasteiger partial charge in [0.2, 0.25) is 0 Å². The molecule has 1 rings (SSSR count). The van der Waals surface area contributed by atoms with E-state index in [2.05, 4.69) is 10.1 Å². The van der Waals surface area contributed by atoms with Crippen LogP contribution in [0.2, 0.25) is 0 Å². The molecule has 0 aliphatic heterocycles. The molecule has 3 N–H and O–H groups in total. The number of hydrogen-bond donors (Lipinski definition) is 2. The maximum atomic E-state index is 9.43. The molecular formula is C8H15N3O2. The Morgan fingerprint density at radius 3 is 3.00 bits per heavy atom. The van der Waals surface area contributed by atoms with E-state index in [-0.39, 0.29) is 5.89 Å². The molecule has 0 spiro atoms. The number of aryl methyl sites for hydroxylation is 1. The molecule has 0 fully saturated rings. The third kappa shape index (κ3) is 2.78. The zero-order valence-electron chi connectivity index (χ0n) is 7.73. The molecule has 5 heteroatoms. The second kappa shape index (κ2) is 4.94. The predicted octanol–water partition coefficient (Wildman–Crippen LogP) is 0.404. The first-order valence-corrected chi connectivity index (χ1v) is 4.48. The van der Waals surface area contributed by atoms with Crippen molar-refractivity contribution < 1.29 is 9.63 Å². The number of nitrogens with two attached hydrogens (primary N) is 1. The first-order valence-electron chi connectivity index (χ1n) is 4.48. The number of rotatable bonds is 5. The average molecular weight is 185 g/mol. The van der Waals surface area contributed by atoms with Gasteiger partial charge in [-0.2, -0.15) is 4.98 Å². The lowest BCUT2D eigenvalue weighted by Crippen LogP contribution is -2.07. The van der Waals surface area contributed by atoms with Crippen LogP contribution in [0, 0.1) is 0 Å². The molecule has 1 unspecified atom stereocenters. The fraction of sp³-hybridized carbons (Fsp3) is 0.750. The number of aliphatic hydroxyl groups is 1. The van der Waals surface area contributed by atoms with E-state index in [1.165, 1.54) is 0 Å². The lowest BCUT2D eigenvalue weighted by molar-refractivity contribution is 0.127. The summed E-state index contributed by atoms with van der Waals surface area (Å²) in [6, 6.07) is 0. The lowest BCUT2D eigenvalue weighted by atomic mass is 10.2. The fourth-order valence-electron chi connectivity index (χ4n) is 1.01. The summed E-state index contributed by atoms with van der Waals surface area (Å²) in [7, 11) is 0. The summed E-state index contributed by atoms with van der Waals surface area (Å²) in [5.41, 5.74) is 5.28. The standard InChI is InChI=1S/C8H15N3O2/c1-2-3-7-10-8(13-11-7)6(12)4-5-9/h6,12H,2-5,9H2,1H3. The van der Waals surface area contributed by atoms with E-state index in [4.69, 9.17) is 10.3 Å². The number of aliphatic hydroxyl groups excluding tert-OH is 1. The molecule has 0 saturated heterocycles. The van der Waals surface area contributed by atoms with Gasteiger partial charge in [0, 0.05) is 6.42 Å². The summed E-state index contributed by atoms with van der Waals surface area (Å²) in [6.45, 7) is 2.44. The van der Waals surface area contributed by atoms with E-state index in [1.54, 1.807) is 0 Å². The lowest BCUT2D eigenvalue weighted by Gasteiger charge is -2.00. The Bertz CT molecular complexity index is 249. The molecule has 0 aromatic carbocycles. The molecule has 0 amide bonds. The van der Waals surface area contributed by atoms with Gasteiger partial charge in [0.15, 0.2) is 5.82 Å². The Morgan fingerprint density at radius 1 is 1.62 bits per heavy atom. The molecule has 1 atom stereocenters. The summed E-state index contributed by atoms with van der Waals surface area (Å²) >= 11 is 0. The summed E-state index contributed by atoms with van der Waals surface area (Å²) in [5, 5.41) is 13.1. The Morgan fingerprint density at radius 2 is 2.38 bits per heavy atom. The average Bonchev–Trinajstić information content (AvgIpc) is 2.54. The maximum absolute atomic E-state index is 9.43. The smallest absolute Gasteiger partial charge is 0.255 e. The van der Waals surface area contributed by atoms with Gasteiger partial charge in [0.1, 0.15) is 6.10 Å². The van der Waals surface area contributed by atoms with Gasteiger partial charge in [-0.05, 0) is 19.4 Å². The largest absolute Gasteiger partial charge is 0.383 e. The van der Waals surface area contributed by atoms with Crippen LogP contribution in [0.5, 0.6) is 0 Å². The first-order chi connectivity index (χ1) is 6.27. The first kappa shape index (κ1) is 10.1. The minimum absolute atomic E-state index is 0.272. The number of nitrogens with zero attached hydrogens (tertiary/aromatic N) is 2. The van der Waals surface area contributed by atoms with Crippen LogP contribution in [0.1, 0.15) is 37.6 Å². The molecule has 1 heterocycles. The van der Waals surface area contributed by atoms with Crippen molar-refractivity contribution in [1.82, 2.24) is 10.1 Å². The van der Waals surface area contributed by atoms with Gasteiger partial charge in [-0.25, -0.2) is 0 Å². The van der Waals surface area contributed by atoms with Crippen LogP contribution in [0.15, 0.2) is 4.52 Å². The van der Waals surface area contributed by atoms with Crippen molar-refractivity contribution in [2.75, 3.05) is 6.54 Å². The van der Waals surface area contributed by atoms with Crippen molar-refractivity contribution in [3.05, 3.63) is 11.7 Å². The van der Waals surface area contributed by atoms with Crippen molar-refractivity contribution >= 4 is 0 Å². The van der Waals surface area contributed by atoms with Crippen LogP contribution in [-0.4, -0.2) is 21.8 Å². The van der Waals surface area contributed by atoms with E-state index in [0.29, 0.717) is 18.8 Å². The van der Waals surface area contributed by atoms with E-state index in [1.807, 2.05) is 6.92 Å². The second-order valence-electron chi connectivity index (χ2n) is 2.89. The van der Waals surface area contributed by atoms with Gasteiger partial charge in [0.05, 0.1) is 0 Å². The monoisotopic (exact) mass is 185 g/mol. The van der Waals surface area contributed by atoms with Crippen molar-refractivity contribution in [3.8, 4) is 0 Å². The predicted molar refractivity (Wildman–Crippen MR) is 46.9 cm³/mol. The fourth-order valence-corrected chi connectivity index (χ4v) is 1.01. The van der Waals surface area contributed by atoms with Crippen LogP contribution in [-0.2, 0) is 6.42 Å². The zero-order chi connectivity index (χ0) is 9.68. The van der Waals surface area contributed by atoms with Crippen LogP contribution >= 0.6 is 0 Å². The molecule has 0 aliphatic carbocycles. The second-order valence-corrected chi connectivity index (χ2v) is 2.89. The Labute approximate surface area is 76.9 Å². The van der Waals surface area contributed by atoms with Gasteiger partial charge in [-0.3, -0.25) is 0 Å². The molecule has 1 aromatic rings. The van der Waals surface area contributed by atoms with Gasteiger partial charge in [-0.15, -0.1) is 0 Å². The molecule has 5 nitrogen and oxygen atoms in total. The Balaban J connectivity index is 2.56. The number of aromatic nitrogens is 2. The Kier molecular flexibility index (Phi) is 3.85. The normalized spacial score (nSPS) is 13.2. The minimum Gasteiger partial charge on any atom is -0.383 e. The van der Waals surface area contributed by atoms with Crippen molar-refractivity contribution in [3.63, 3.8) is 0 Å². The summed E-state index contributed by atoms with van der Waals surface area (Å²) in [6.07, 6.45) is 1.47. The van der Waals surface area contributed by atoms with Gasteiger partial charge in [0.25, 0.3) is 5.89 Å². The summed E-state index contributed by atoms with van der Waals surface area (Å²) < 4.78 is 4.86. The topological polar surface area (TPSA) is 85.2 Å². The van der Waals surface area contributed by atoms with Gasteiger partial charge in [-0.1, -0.05) is 12.1 Å². The highest BCUT2D eigenvalue weighted by Gasteiger charge is 2.14. The molecule has 0 bridgehead atoms. The maximum Gasteiger partial charge on any atom is 0.255 e. The van der Waals surface area contributed by atoms with E-state index in [0.717, 1.165) is 12.8 Å². The van der Waals surface area contributed by atoms with E-state index < -0.39 is 6.10 Å². The third-order valence-corrected chi connectivity index (χ3v) is 1.68. The Hall–Kier alpha value is -0.940. The highest BCUT2D eigenvalue weighted by atomic mass is 16.5. The van der Waals surface area contributed by atoms with E-state index >= 15 is 0 Å². The highest BCUT2D eigenvalue weighted by molar-refractivity contribution is 4.89. The zero-order valence-corrected chi connectivity index (χ0v) is 7.73. The van der Waals surface area contributed by atoms with Crippen LogP contribution in [0.25, 0.3) is 0 Å². The minimum atomic E-state index is -0.719. The molecular weight excluding hydrogens is 170 g/mol. The quantitative estimate of drug-likeness (QED) is 0.693. The highest BCUT2D eigenvalue weighted by Crippen LogP contribution is 2.13. The van der Waals surface area contributed by atoms with Crippen molar-refractivity contribution in [1.29, 1.82) is 0 Å². The number of hydrogen-bond acceptors (Lipinski definition) is 5. The van der Waals surface area contributed by atoms with Gasteiger partial charge < -0.3 is 15.4 Å².